The first-order valence-electron chi connectivity index (χ1n) is 8.79. The van der Waals surface area contributed by atoms with Gasteiger partial charge in [-0.15, -0.1) is 0 Å². The van der Waals surface area contributed by atoms with Crippen LogP contribution in [0.15, 0.2) is 53.3 Å². The van der Waals surface area contributed by atoms with Crippen LogP contribution in [0, 0.1) is 5.92 Å². The fraction of sp³-hybridized carbons (Fsp3) is 0.190. The third-order valence-corrected chi connectivity index (χ3v) is 4.98. The average Bonchev–Trinajstić information content (AvgIpc) is 2.67. The van der Waals surface area contributed by atoms with E-state index >= 15 is 0 Å². The lowest BCUT2D eigenvalue weighted by atomic mass is 10.00. The number of carbonyl (C=O) groups is 1. The molecule has 0 aliphatic heterocycles. The van der Waals surface area contributed by atoms with Crippen molar-refractivity contribution in [2.24, 2.45) is 5.92 Å². The van der Waals surface area contributed by atoms with Gasteiger partial charge in [0.2, 0.25) is 0 Å². The van der Waals surface area contributed by atoms with Crippen molar-refractivity contribution in [3.8, 4) is 16.9 Å². The summed E-state index contributed by atoms with van der Waals surface area (Å²) in [5.74, 6) is -0.654. The zero-order valence-corrected chi connectivity index (χ0v) is 17.7. The predicted molar refractivity (Wildman–Crippen MR) is 115 cm³/mol. The number of hydrogen-bond donors (Lipinski definition) is 1. The minimum Gasteiger partial charge on any atom is -0.396 e. The molecule has 1 aromatic heterocycles. The molecule has 1 heterocycles. The Morgan fingerprint density at radius 3 is 2.24 bits per heavy atom. The molecule has 5 nitrogen and oxygen atoms in total. The van der Waals surface area contributed by atoms with Gasteiger partial charge in [-0.05, 0) is 42.3 Å². The largest absolute Gasteiger partial charge is 0.396 e. The van der Waals surface area contributed by atoms with E-state index < -0.39 is 5.56 Å². The van der Waals surface area contributed by atoms with Crippen LogP contribution in [0.1, 0.15) is 23.7 Å². The molecule has 29 heavy (non-hydrogen) atoms. The van der Waals surface area contributed by atoms with Crippen molar-refractivity contribution < 1.29 is 9.90 Å². The predicted octanol–water partition coefficient (Wildman–Crippen LogP) is 5.06. The molecule has 0 saturated heterocycles. The molecule has 0 amide bonds. The molecule has 0 bridgehead atoms. The Kier molecular flexibility index (Phi) is 6.75. The number of aromatic nitrogens is 2. The Balaban J connectivity index is 2.22. The van der Waals surface area contributed by atoms with E-state index in [0.29, 0.717) is 32.0 Å². The second-order valence-corrected chi connectivity index (χ2v) is 8.02. The number of benzene rings is 2. The zero-order chi connectivity index (χ0) is 21.1. The lowest BCUT2D eigenvalue weighted by molar-refractivity contribution is 0.0941. The third kappa shape index (κ3) is 5.06. The van der Waals surface area contributed by atoms with Crippen LogP contribution in [0.2, 0.25) is 15.1 Å². The SMILES string of the molecule is C[C@@H](CO)CC(=O)c1cc(-c2ccc(Cl)cc2)nn(-c2cc(Cl)cc(Cl)c2)c1=O. The molecule has 1 atom stereocenters. The molecule has 3 aromatic rings. The minimum atomic E-state index is -0.587. The van der Waals surface area contributed by atoms with Crippen LogP contribution in [-0.4, -0.2) is 27.3 Å². The quantitative estimate of drug-likeness (QED) is 0.532. The van der Waals surface area contributed by atoms with Gasteiger partial charge in [-0.3, -0.25) is 9.59 Å². The first-order valence-corrected chi connectivity index (χ1v) is 9.92. The summed E-state index contributed by atoms with van der Waals surface area (Å²) in [7, 11) is 0. The highest BCUT2D eigenvalue weighted by Gasteiger charge is 2.19. The van der Waals surface area contributed by atoms with Gasteiger partial charge in [0.25, 0.3) is 5.56 Å². The number of aliphatic hydroxyl groups excluding tert-OH is 1. The monoisotopic (exact) mass is 450 g/mol. The second-order valence-electron chi connectivity index (χ2n) is 6.71. The third-order valence-electron chi connectivity index (χ3n) is 4.29. The summed E-state index contributed by atoms with van der Waals surface area (Å²) >= 11 is 18.1. The highest BCUT2D eigenvalue weighted by molar-refractivity contribution is 6.34. The Morgan fingerprint density at radius 1 is 1.03 bits per heavy atom. The molecule has 2 aromatic carbocycles. The molecule has 0 unspecified atom stereocenters. The summed E-state index contributed by atoms with van der Waals surface area (Å²) in [6.45, 7) is 1.58. The minimum absolute atomic E-state index is 0.0265. The van der Waals surface area contributed by atoms with Crippen molar-refractivity contribution in [1.82, 2.24) is 9.78 Å². The standard InChI is InChI=1S/C21H17Cl3N2O3/c1-12(11-27)6-20(28)18-10-19(13-2-4-14(22)5-3-13)25-26(21(18)29)17-8-15(23)7-16(24)9-17/h2-5,7-10,12,27H,6,11H2,1H3/t12-/m1/s1. The summed E-state index contributed by atoms with van der Waals surface area (Å²) < 4.78 is 1.11. The van der Waals surface area contributed by atoms with Crippen molar-refractivity contribution in [2.75, 3.05) is 6.61 Å². The fourth-order valence-electron chi connectivity index (χ4n) is 2.78. The Labute approximate surface area is 182 Å². The number of nitrogens with zero attached hydrogens (tertiary/aromatic N) is 2. The number of rotatable bonds is 6. The molecule has 0 saturated carbocycles. The summed E-state index contributed by atoms with van der Waals surface area (Å²) in [6, 6.07) is 13.0. The zero-order valence-electron chi connectivity index (χ0n) is 15.4. The maximum Gasteiger partial charge on any atom is 0.282 e. The molecule has 0 aliphatic rings. The maximum absolute atomic E-state index is 13.1. The number of carbonyl (C=O) groups excluding carboxylic acids is 1. The molecule has 8 heteroatoms. The molecule has 150 valence electrons. The van der Waals surface area contributed by atoms with Gasteiger partial charge in [0.05, 0.1) is 16.9 Å². The van der Waals surface area contributed by atoms with Crippen LogP contribution in [-0.2, 0) is 0 Å². The number of halogens is 3. The molecule has 0 aliphatic carbocycles. The summed E-state index contributed by atoms with van der Waals surface area (Å²) in [6.07, 6.45) is 0.0338. The summed E-state index contributed by atoms with van der Waals surface area (Å²) in [5, 5.41) is 14.9. The first-order chi connectivity index (χ1) is 13.8. The van der Waals surface area contributed by atoms with Crippen molar-refractivity contribution in [1.29, 1.82) is 0 Å². The number of hydrogen-bond acceptors (Lipinski definition) is 4. The van der Waals surface area contributed by atoms with Gasteiger partial charge in [-0.1, -0.05) is 53.9 Å². The van der Waals surface area contributed by atoms with Crippen molar-refractivity contribution in [3.05, 3.63) is 79.5 Å². The van der Waals surface area contributed by atoms with E-state index in [1.54, 1.807) is 31.2 Å². The summed E-state index contributed by atoms with van der Waals surface area (Å²) in [5.41, 5.74) is 0.822. The maximum atomic E-state index is 13.1. The average molecular weight is 452 g/mol. The number of aliphatic hydroxyl groups is 1. The lowest BCUT2D eigenvalue weighted by Gasteiger charge is -2.12. The molecule has 0 radical (unpaired) electrons. The van der Waals surface area contributed by atoms with Crippen LogP contribution >= 0.6 is 34.8 Å². The lowest BCUT2D eigenvalue weighted by Crippen LogP contribution is -2.28. The van der Waals surface area contributed by atoms with Crippen LogP contribution in [0.4, 0.5) is 0 Å². The first kappa shape index (κ1) is 21.5. The topological polar surface area (TPSA) is 72.2 Å². The van der Waals surface area contributed by atoms with Crippen LogP contribution in [0.25, 0.3) is 16.9 Å². The Bertz CT molecular complexity index is 1090. The molecule has 3 rings (SSSR count). The van der Waals surface area contributed by atoms with Gasteiger partial charge < -0.3 is 5.11 Å². The van der Waals surface area contributed by atoms with Crippen molar-refractivity contribution in [2.45, 2.75) is 13.3 Å². The molecule has 0 fully saturated rings. The highest BCUT2D eigenvalue weighted by atomic mass is 35.5. The summed E-state index contributed by atoms with van der Waals surface area (Å²) in [4.78, 5) is 25.8. The van der Waals surface area contributed by atoms with Crippen LogP contribution in [0.5, 0.6) is 0 Å². The Hall–Kier alpha value is -2.18. The van der Waals surface area contributed by atoms with Gasteiger partial charge in [0, 0.05) is 33.7 Å². The fourth-order valence-corrected chi connectivity index (χ4v) is 3.42. The number of Topliss-reactive ketones (excluding diaryl/α,β-unsaturated/α-hetero) is 1. The van der Waals surface area contributed by atoms with Crippen LogP contribution < -0.4 is 5.56 Å². The van der Waals surface area contributed by atoms with Gasteiger partial charge in [-0.2, -0.15) is 9.78 Å². The molecule has 0 spiro atoms. The van der Waals surface area contributed by atoms with Gasteiger partial charge in [0.1, 0.15) is 0 Å². The van der Waals surface area contributed by atoms with E-state index in [4.69, 9.17) is 34.8 Å². The van der Waals surface area contributed by atoms with E-state index in [0.717, 1.165) is 4.68 Å². The van der Waals surface area contributed by atoms with Gasteiger partial charge in [0.15, 0.2) is 5.78 Å². The van der Waals surface area contributed by atoms with E-state index in [9.17, 15) is 14.7 Å². The van der Waals surface area contributed by atoms with Gasteiger partial charge >= 0.3 is 0 Å². The molecular weight excluding hydrogens is 435 g/mol. The van der Waals surface area contributed by atoms with Crippen molar-refractivity contribution in [3.63, 3.8) is 0 Å². The van der Waals surface area contributed by atoms with E-state index in [-0.39, 0.29) is 30.3 Å². The van der Waals surface area contributed by atoms with E-state index in [1.165, 1.54) is 24.3 Å². The molecule has 1 N–H and O–H groups in total. The molecular formula is C21H17Cl3N2O3. The second kappa shape index (κ2) is 9.09. The number of ketones is 1. The Morgan fingerprint density at radius 2 is 1.66 bits per heavy atom. The highest BCUT2D eigenvalue weighted by Crippen LogP contribution is 2.24. The van der Waals surface area contributed by atoms with E-state index in [1.807, 2.05) is 0 Å². The van der Waals surface area contributed by atoms with Crippen molar-refractivity contribution >= 4 is 40.6 Å². The normalized spacial score (nSPS) is 12.0. The smallest absolute Gasteiger partial charge is 0.282 e. The van der Waals surface area contributed by atoms with Gasteiger partial charge in [-0.25, -0.2) is 0 Å². The van der Waals surface area contributed by atoms with Crippen LogP contribution in [0.3, 0.4) is 0 Å². The van der Waals surface area contributed by atoms with E-state index in [2.05, 4.69) is 5.10 Å².